The third-order valence-electron chi connectivity index (χ3n) is 6.21. The van der Waals surface area contributed by atoms with Gasteiger partial charge in [0.2, 0.25) is 0 Å². The van der Waals surface area contributed by atoms with Crippen molar-refractivity contribution in [2.45, 2.75) is 71.5 Å². The molecule has 1 aliphatic carbocycles. The van der Waals surface area contributed by atoms with Crippen LogP contribution in [0, 0.1) is 17.8 Å². The fourth-order valence-corrected chi connectivity index (χ4v) is 4.26. The predicted octanol–water partition coefficient (Wildman–Crippen LogP) is 6.44. The zero-order valence-electron chi connectivity index (χ0n) is 20.6. The number of carbonyl (C=O) groups is 1. The molecular weight excluding hydrogens is 412 g/mol. The van der Waals surface area contributed by atoms with E-state index in [-0.39, 0.29) is 17.6 Å². The SMILES string of the molecule is CC/C=C\C[C@H](C)CC(O)C1C(=O)C=C[C@@H]1C/C=C\CCCCOCc1ccc(OC)cc1. The fraction of sp³-hybridized carbons (Fsp3) is 0.552. The number of allylic oxidation sites excluding steroid dienone is 6. The summed E-state index contributed by atoms with van der Waals surface area (Å²) in [6, 6.07) is 7.95. The molecule has 4 nitrogen and oxygen atoms in total. The monoisotopic (exact) mass is 454 g/mol. The fourth-order valence-electron chi connectivity index (χ4n) is 4.26. The second kappa shape index (κ2) is 15.6. The lowest BCUT2D eigenvalue weighted by molar-refractivity contribution is -0.122. The smallest absolute Gasteiger partial charge is 0.161 e. The largest absolute Gasteiger partial charge is 0.497 e. The molecule has 0 aromatic heterocycles. The van der Waals surface area contributed by atoms with Gasteiger partial charge in [-0.3, -0.25) is 4.79 Å². The van der Waals surface area contributed by atoms with E-state index in [1.54, 1.807) is 13.2 Å². The van der Waals surface area contributed by atoms with Crippen LogP contribution in [0.2, 0.25) is 0 Å². The number of aliphatic hydroxyl groups is 1. The van der Waals surface area contributed by atoms with Crippen LogP contribution in [0.1, 0.15) is 64.4 Å². The topological polar surface area (TPSA) is 55.8 Å². The van der Waals surface area contributed by atoms with E-state index in [4.69, 9.17) is 9.47 Å². The van der Waals surface area contributed by atoms with Crippen LogP contribution in [0.25, 0.3) is 0 Å². The van der Waals surface area contributed by atoms with Crippen LogP contribution in [0.4, 0.5) is 0 Å². The van der Waals surface area contributed by atoms with Gasteiger partial charge in [0.25, 0.3) is 0 Å². The Morgan fingerprint density at radius 2 is 1.88 bits per heavy atom. The molecule has 1 aliphatic rings. The summed E-state index contributed by atoms with van der Waals surface area (Å²) in [5.41, 5.74) is 1.15. The molecule has 2 unspecified atom stereocenters. The Hall–Kier alpha value is -2.17. The number of hydrogen-bond acceptors (Lipinski definition) is 4. The summed E-state index contributed by atoms with van der Waals surface area (Å²) in [6.45, 7) is 5.64. The first kappa shape index (κ1) is 27.1. The van der Waals surface area contributed by atoms with Crippen molar-refractivity contribution in [3.05, 3.63) is 66.3 Å². The van der Waals surface area contributed by atoms with Gasteiger partial charge in [-0.2, -0.15) is 0 Å². The second-order valence-electron chi connectivity index (χ2n) is 9.08. The zero-order chi connectivity index (χ0) is 23.9. The Kier molecular flexibility index (Phi) is 12.8. The van der Waals surface area contributed by atoms with Gasteiger partial charge in [-0.1, -0.05) is 56.4 Å². The predicted molar refractivity (Wildman–Crippen MR) is 135 cm³/mol. The van der Waals surface area contributed by atoms with Crippen molar-refractivity contribution in [1.29, 1.82) is 0 Å². The van der Waals surface area contributed by atoms with Gasteiger partial charge in [-0.15, -0.1) is 0 Å². The maximum Gasteiger partial charge on any atom is 0.161 e. The number of hydrogen-bond donors (Lipinski definition) is 1. The molecule has 2 rings (SSSR count). The highest BCUT2D eigenvalue weighted by atomic mass is 16.5. The highest BCUT2D eigenvalue weighted by Gasteiger charge is 2.35. The quantitative estimate of drug-likeness (QED) is 0.231. The molecule has 0 heterocycles. The molecule has 0 radical (unpaired) electrons. The van der Waals surface area contributed by atoms with E-state index >= 15 is 0 Å². The van der Waals surface area contributed by atoms with Crippen molar-refractivity contribution < 1.29 is 19.4 Å². The molecule has 0 amide bonds. The summed E-state index contributed by atoms with van der Waals surface area (Å²) in [5, 5.41) is 10.7. The van der Waals surface area contributed by atoms with Crippen molar-refractivity contribution in [3.8, 4) is 5.75 Å². The third-order valence-corrected chi connectivity index (χ3v) is 6.21. The number of methoxy groups -OCH3 is 1. The maximum absolute atomic E-state index is 12.3. The van der Waals surface area contributed by atoms with Crippen LogP contribution >= 0.6 is 0 Å². The number of carbonyl (C=O) groups excluding carboxylic acids is 1. The van der Waals surface area contributed by atoms with Crippen LogP contribution in [-0.2, 0) is 16.1 Å². The number of ketones is 1. The molecule has 4 atom stereocenters. The highest BCUT2D eigenvalue weighted by molar-refractivity contribution is 5.95. The van der Waals surface area contributed by atoms with Crippen LogP contribution < -0.4 is 4.74 Å². The van der Waals surface area contributed by atoms with Gasteiger partial charge in [-0.05, 0) is 80.6 Å². The maximum atomic E-state index is 12.3. The van der Waals surface area contributed by atoms with E-state index in [9.17, 15) is 9.90 Å². The van der Waals surface area contributed by atoms with Crippen molar-refractivity contribution >= 4 is 5.78 Å². The van der Waals surface area contributed by atoms with Crippen molar-refractivity contribution in [3.63, 3.8) is 0 Å². The third kappa shape index (κ3) is 10.1. The lowest BCUT2D eigenvalue weighted by atomic mass is 9.83. The van der Waals surface area contributed by atoms with Gasteiger partial charge in [-0.25, -0.2) is 0 Å². The molecule has 4 heteroatoms. The lowest BCUT2D eigenvalue weighted by Gasteiger charge is -2.25. The van der Waals surface area contributed by atoms with Gasteiger partial charge in [0.1, 0.15) is 5.75 Å². The van der Waals surface area contributed by atoms with Crippen molar-refractivity contribution in [1.82, 2.24) is 0 Å². The molecule has 1 N–H and O–H groups in total. The molecule has 0 aliphatic heterocycles. The van der Waals surface area contributed by atoms with Gasteiger partial charge in [0, 0.05) is 6.61 Å². The number of aliphatic hydroxyl groups excluding tert-OH is 1. The minimum atomic E-state index is -0.571. The molecule has 0 saturated heterocycles. The van der Waals surface area contributed by atoms with E-state index in [0.717, 1.165) is 56.4 Å². The van der Waals surface area contributed by atoms with Gasteiger partial charge in [0.15, 0.2) is 5.78 Å². The Balaban J connectivity index is 1.61. The highest BCUT2D eigenvalue weighted by Crippen LogP contribution is 2.32. The molecule has 0 saturated carbocycles. The molecule has 0 bridgehead atoms. The first-order valence-electron chi connectivity index (χ1n) is 12.5. The first-order chi connectivity index (χ1) is 16.0. The number of rotatable bonds is 16. The van der Waals surface area contributed by atoms with E-state index in [1.807, 2.05) is 30.3 Å². The summed E-state index contributed by atoms with van der Waals surface area (Å²) in [5.74, 6) is 1.12. The standard InChI is InChI=1S/C29H42O4/c1-4-5-9-12-23(2)21-28(31)29-25(16-19-27(29)30)13-10-7-6-8-11-20-33-22-24-14-17-26(32-3)18-15-24/h5,7,9-10,14-19,23,25,28-29,31H,4,6,8,11-13,20-22H2,1-3H3/b9-5-,10-7-/t23-,25-,28?,29?/m0/s1. The Bertz CT molecular complexity index is 762. The molecule has 0 spiro atoms. The van der Waals surface area contributed by atoms with Crippen LogP contribution in [0.15, 0.2) is 60.7 Å². The number of benzene rings is 1. The van der Waals surface area contributed by atoms with Gasteiger partial charge >= 0.3 is 0 Å². The van der Waals surface area contributed by atoms with Gasteiger partial charge < -0.3 is 14.6 Å². The Morgan fingerprint density at radius 3 is 2.61 bits per heavy atom. The minimum Gasteiger partial charge on any atom is -0.497 e. The number of ether oxygens (including phenoxy) is 2. The van der Waals surface area contributed by atoms with Crippen molar-refractivity contribution in [2.24, 2.45) is 17.8 Å². The molecular formula is C29H42O4. The average Bonchev–Trinajstić information content (AvgIpc) is 3.18. The van der Waals surface area contributed by atoms with Gasteiger partial charge in [0.05, 0.1) is 25.7 Å². The number of unbranched alkanes of at least 4 members (excludes halogenated alkanes) is 2. The molecule has 0 fully saturated rings. The van der Waals surface area contributed by atoms with Crippen molar-refractivity contribution in [2.75, 3.05) is 13.7 Å². The molecule has 1 aromatic carbocycles. The molecule has 1 aromatic rings. The average molecular weight is 455 g/mol. The summed E-state index contributed by atoms with van der Waals surface area (Å²) >= 11 is 0. The minimum absolute atomic E-state index is 0.0752. The van der Waals surface area contributed by atoms with E-state index in [2.05, 4.69) is 38.2 Å². The Labute approximate surface area is 200 Å². The summed E-state index contributed by atoms with van der Waals surface area (Å²) < 4.78 is 10.9. The van der Waals surface area contributed by atoms with E-state index in [1.165, 1.54) is 0 Å². The second-order valence-corrected chi connectivity index (χ2v) is 9.08. The molecule has 33 heavy (non-hydrogen) atoms. The van der Waals surface area contributed by atoms with E-state index in [0.29, 0.717) is 18.9 Å². The first-order valence-corrected chi connectivity index (χ1v) is 12.5. The zero-order valence-corrected chi connectivity index (χ0v) is 20.6. The van der Waals surface area contributed by atoms with Crippen LogP contribution in [0.3, 0.4) is 0 Å². The lowest BCUT2D eigenvalue weighted by Crippen LogP contribution is -2.31. The van der Waals surface area contributed by atoms with Crippen LogP contribution in [0.5, 0.6) is 5.75 Å². The summed E-state index contributed by atoms with van der Waals surface area (Å²) in [7, 11) is 1.67. The molecule has 182 valence electrons. The van der Waals surface area contributed by atoms with Crippen LogP contribution in [-0.4, -0.2) is 30.7 Å². The summed E-state index contributed by atoms with van der Waals surface area (Å²) in [4.78, 5) is 12.3. The Morgan fingerprint density at radius 1 is 1.09 bits per heavy atom. The van der Waals surface area contributed by atoms with E-state index < -0.39 is 6.10 Å². The normalized spacial score (nSPS) is 20.2. The summed E-state index contributed by atoms with van der Waals surface area (Å²) in [6.07, 6.45) is 18.3.